The van der Waals surface area contributed by atoms with Crippen LogP contribution in [-0.2, 0) is 11.2 Å². The van der Waals surface area contributed by atoms with E-state index in [-0.39, 0.29) is 6.10 Å². The number of morpholine rings is 1. The molecule has 2 heterocycles. The third kappa shape index (κ3) is 3.74. The van der Waals surface area contributed by atoms with Gasteiger partial charge in [-0.3, -0.25) is 0 Å². The fraction of sp³-hybridized carbons (Fsp3) is 0.364. The summed E-state index contributed by atoms with van der Waals surface area (Å²) in [6.07, 6.45) is 0.948. The summed E-state index contributed by atoms with van der Waals surface area (Å²) in [7, 11) is 1.69. The second-order valence-corrected chi connectivity index (χ2v) is 6.90. The van der Waals surface area contributed by atoms with Crippen LogP contribution in [0.2, 0.25) is 0 Å². The molecule has 3 aromatic rings. The molecule has 5 heteroatoms. The van der Waals surface area contributed by atoms with Crippen LogP contribution in [0.3, 0.4) is 0 Å². The van der Waals surface area contributed by atoms with Gasteiger partial charge >= 0.3 is 0 Å². The Kier molecular flexibility index (Phi) is 4.94. The molecule has 0 aliphatic carbocycles. The molecule has 1 fully saturated rings. The van der Waals surface area contributed by atoms with Crippen molar-refractivity contribution in [2.24, 2.45) is 0 Å². The van der Waals surface area contributed by atoms with Gasteiger partial charge in [-0.2, -0.15) is 0 Å². The average Bonchev–Trinajstić information content (AvgIpc) is 2.72. The summed E-state index contributed by atoms with van der Waals surface area (Å²) in [4.78, 5) is 11.4. The lowest BCUT2D eigenvalue weighted by Crippen LogP contribution is -2.39. The van der Waals surface area contributed by atoms with Crippen molar-refractivity contribution in [3.05, 3.63) is 59.5 Å². The van der Waals surface area contributed by atoms with Crippen molar-refractivity contribution in [1.29, 1.82) is 0 Å². The summed E-state index contributed by atoms with van der Waals surface area (Å²) in [5.41, 5.74) is 2.28. The van der Waals surface area contributed by atoms with Crippen molar-refractivity contribution >= 4 is 16.6 Å². The Morgan fingerprint density at radius 2 is 1.93 bits per heavy atom. The molecule has 140 valence electrons. The Morgan fingerprint density at radius 1 is 1.11 bits per heavy atom. The first-order valence-electron chi connectivity index (χ1n) is 9.45. The minimum atomic E-state index is 0.0330. The second kappa shape index (κ2) is 7.53. The van der Waals surface area contributed by atoms with Crippen LogP contribution in [0, 0.1) is 6.92 Å². The van der Waals surface area contributed by atoms with Crippen LogP contribution in [0.5, 0.6) is 5.75 Å². The van der Waals surface area contributed by atoms with E-state index in [4.69, 9.17) is 9.47 Å². The van der Waals surface area contributed by atoms with E-state index in [0.29, 0.717) is 6.61 Å². The van der Waals surface area contributed by atoms with Crippen LogP contribution < -0.4 is 9.64 Å². The fourth-order valence-electron chi connectivity index (χ4n) is 3.58. The molecular weight excluding hydrogens is 338 g/mol. The molecule has 2 aromatic carbocycles. The number of rotatable bonds is 4. The van der Waals surface area contributed by atoms with Crippen LogP contribution >= 0.6 is 0 Å². The van der Waals surface area contributed by atoms with Gasteiger partial charge in [-0.15, -0.1) is 0 Å². The largest absolute Gasteiger partial charge is 0.497 e. The van der Waals surface area contributed by atoms with Gasteiger partial charge in [0.15, 0.2) is 0 Å². The Bertz CT molecular complexity index is 957. The van der Waals surface area contributed by atoms with Crippen molar-refractivity contribution in [1.82, 2.24) is 9.97 Å². The molecule has 27 heavy (non-hydrogen) atoms. The Labute approximate surface area is 160 Å². The number of nitrogens with zero attached hydrogens (tertiary/aromatic N) is 3. The highest BCUT2D eigenvalue weighted by Gasteiger charge is 2.23. The van der Waals surface area contributed by atoms with Gasteiger partial charge in [-0.1, -0.05) is 25.1 Å². The molecule has 0 radical (unpaired) electrons. The molecule has 0 spiro atoms. The normalized spacial score (nSPS) is 17.3. The van der Waals surface area contributed by atoms with Gasteiger partial charge in [-0.05, 0) is 47.9 Å². The molecular formula is C22H25N3O2. The lowest BCUT2D eigenvalue weighted by Gasteiger charge is -2.34. The molecule has 1 aromatic heterocycles. The second-order valence-electron chi connectivity index (χ2n) is 6.90. The predicted octanol–water partition coefficient (Wildman–Crippen LogP) is 4.09. The van der Waals surface area contributed by atoms with Crippen molar-refractivity contribution < 1.29 is 9.47 Å². The number of aromatic nitrogens is 2. The third-order valence-corrected chi connectivity index (χ3v) is 5.07. The molecule has 1 atom stereocenters. The first-order chi connectivity index (χ1) is 13.2. The van der Waals surface area contributed by atoms with E-state index in [1.165, 1.54) is 16.3 Å². The van der Waals surface area contributed by atoms with Gasteiger partial charge in [0.05, 0.1) is 13.7 Å². The van der Waals surface area contributed by atoms with Gasteiger partial charge in [0.1, 0.15) is 23.5 Å². The van der Waals surface area contributed by atoms with Gasteiger partial charge < -0.3 is 14.4 Å². The van der Waals surface area contributed by atoms with E-state index >= 15 is 0 Å². The number of ether oxygens (including phenoxy) is 2. The number of aryl methyl sites for hydroxylation is 2. The molecule has 0 saturated carbocycles. The van der Waals surface area contributed by atoms with Gasteiger partial charge in [0.2, 0.25) is 0 Å². The van der Waals surface area contributed by atoms with Crippen LogP contribution in [0.15, 0.2) is 42.5 Å². The SMILES string of the molecule is CCc1cc(N2CCO[C@H](c3ccc4cc(OC)ccc4c3)C2)nc(C)n1. The highest BCUT2D eigenvalue weighted by atomic mass is 16.5. The maximum atomic E-state index is 6.09. The Morgan fingerprint density at radius 3 is 2.74 bits per heavy atom. The number of hydrogen-bond donors (Lipinski definition) is 0. The summed E-state index contributed by atoms with van der Waals surface area (Å²) in [6, 6.07) is 14.8. The van der Waals surface area contributed by atoms with E-state index < -0.39 is 0 Å². The molecule has 1 aliphatic heterocycles. The highest BCUT2D eigenvalue weighted by molar-refractivity contribution is 5.84. The van der Waals surface area contributed by atoms with Crippen molar-refractivity contribution in [2.45, 2.75) is 26.4 Å². The quantitative estimate of drug-likeness (QED) is 0.699. The van der Waals surface area contributed by atoms with E-state index in [2.05, 4.69) is 58.2 Å². The fourth-order valence-corrected chi connectivity index (χ4v) is 3.58. The summed E-state index contributed by atoms with van der Waals surface area (Å²) >= 11 is 0. The zero-order valence-electron chi connectivity index (χ0n) is 16.1. The Hall–Kier alpha value is -2.66. The van der Waals surface area contributed by atoms with Gasteiger partial charge in [-0.25, -0.2) is 9.97 Å². The number of benzene rings is 2. The van der Waals surface area contributed by atoms with Crippen molar-refractivity contribution in [3.8, 4) is 5.75 Å². The number of hydrogen-bond acceptors (Lipinski definition) is 5. The maximum Gasteiger partial charge on any atom is 0.132 e. The minimum absolute atomic E-state index is 0.0330. The first-order valence-corrected chi connectivity index (χ1v) is 9.45. The molecule has 0 bridgehead atoms. The van der Waals surface area contributed by atoms with Crippen molar-refractivity contribution in [2.75, 3.05) is 31.7 Å². The lowest BCUT2D eigenvalue weighted by atomic mass is 10.0. The standard InChI is InChI=1S/C22H25N3O2/c1-4-19-13-22(24-15(2)23-19)25-9-10-27-21(14-25)18-6-5-17-12-20(26-3)8-7-16(17)11-18/h5-8,11-13,21H,4,9-10,14H2,1-3H3/t21-/m0/s1. The molecule has 4 rings (SSSR count). The van der Waals surface area contributed by atoms with Crippen LogP contribution in [0.25, 0.3) is 10.8 Å². The van der Waals surface area contributed by atoms with Gasteiger partial charge in [0, 0.05) is 24.8 Å². The van der Waals surface area contributed by atoms with Crippen LogP contribution in [-0.4, -0.2) is 36.8 Å². The number of fused-ring (bicyclic) bond motifs is 1. The van der Waals surface area contributed by atoms with Crippen LogP contribution in [0.1, 0.15) is 30.1 Å². The summed E-state index contributed by atoms with van der Waals surface area (Å²) in [5.74, 6) is 2.70. The van der Waals surface area contributed by atoms with Gasteiger partial charge in [0.25, 0.3) is 0 Å². The van der Waals surface area contributed by atoms with E-state index in [0.717, 1.165) is 42.6 Å². The predicted molar refractivity (Wildman–Crippen MR) is 108 cm³/mol. The van der Waals surface area contributed by atoms with E-state index in [9.17, 15) is 0 Å². The Balaban J connectivity index is 1.59. The zero-order valence-corrected chi connectivity index (χ0v) is 16.1. The summed E-state index contributed by atoms with van der Waals surface area (Å²) < 4.78 is 11.4. The lowest BCUT2D eigenvalue weighted by molar-refractivity contribution is 0.0396. The summed E-state index contributed by atoms with van der Waals surface area (Å²) in [5, 5.41) is 2.37. The first kappa shape index (κ1) is 17.7. The highest BCUT2D eigenvalue weighted by Crippen LogP contribution is 2.29. The topological polar surface area (TPSA) is 47.5 Å². The molecule has 5 nitrogen and oxygen atoms in total. The summed E-state index contributed by atoms with van der Waals surface area (Å²) in [6.45, 7) is 6.41. The van der Waals surface area contributed by atoms with E-state index in [1.807, 2.05) is 13.0 Å². The average molecular weight is 363 g/mol. The zero-order chi connectivity index (χ0) is 18.8. The molecule has 0 amide bonds. The number of methoxy groups -OCH3 is 1. The third-order valence-electron chi connectivity index (χ3n) is 5.07. The monoisotopic (exact) mass is 363 g/mol. The molecule has 1 saturated heterocycles. The van der Waals surface area contributed by atoms with Crippen LogP contribution in [0.4, 0.5) is 5.82 Å². The molecule has 1 aliphatic rings. The maximum absolute atomic E-state index is 6.09. The van der Waals surface area contributed by atoms with E-state index in [1.54, 1.807) is 7.11 Å². The smallest absolute Gasteiger partial charge is 0.132 e. The van der Waals surface area contributed by atoms with Crippen molar-refractivity contribution in [3.63, 3.8) is 0 Å². The molecule has 0 N–H and O–H groups in total. The number of anilines is 1. The minimum Gasteiger partial charge on any atom is -0.497 e. The molecule has 0 unspecified atom stereocenters.